The molecule has 0 atom stereocenters. The van der Waals surface area contributed by atoms with Crippen molar-refractivity contribution < 1.29 is 22.8 Å². The van der Waals surface area contributed by atoms with Crippen LogP contribution in [0.15, 0.2) is 71.6 Å². The molecule has 3 aromatic carbocycles. The van der Waals surface area contributed by atoms with E-state index in [2.05, 4.69) is 10.0 Å². The van der Waals surface area contributed by atoms with Crippen LogP contribution in [0.2, 0.25) is 0 Å². The van der Waals surface area contributed by atoms with Crippen molar-refractivity contribution in [2.75, 3.05) is 16.6 Å². The molecule has 1 heterocycles. The predicted octanol–water partition coefficient (Wildman–Crippen LogP) is 4.44. The highest BCUT2D eigenvalue weighted by molar-refractivity contribution is 7.92. The van der Waals surface area contributed by atoms with Gasteiger partial charge >= 0.3 is 0 Å². The molecule has 0 saturated heterocycles. The third kappa shape index (κ3) is 5.09. The summed E-state index contributed by atoms with van der Waals surface area (Å²) in [4.78, 5) is 39.2. The zero-order chi connectivity index (χ0) is 25.2. The predicted molar refractivity (Wildman–Crippen MR) is 133 cm³/mol. The zero-order valence-corrected chi connectivity index (χ0v) is 20.2. The van der Waals surface area contributed by atoms with Crippen LogP contribution in [0.4, 0.5) is 11.4 Å². The van der Waals surface area contributed by atoms with Gasteiger partial charge in [0.2, 0.25) is 0 Å². The molecule has 4 rings (SSSR count). The molecule has 0 radical (unpaired) electrons. The maximum absolute atomic E-state index is 12.7. The highest BCUT2D eigenvalue weighted by Gasteiger charge is 2.35. The van der Waals surface area contributed by atoms with Gasteiger partial charge in [0.05, 0.1) is 16.0 Å². The Balaban J connectivity index is 1.44. The number of unbranched alkanes of at least 4 members (excludes halogenated alkanes) is 1. The van der Waals surface area contributed by atoms with Gasteiger partial charge in [0, 0.05) is 23.5 Å². The molecule has 2 N–H and O–H groups in total. The molecule has 0 spiro atoms. The molecular weight excluding hydrogens is 466 g/mol. The minimum atomic E-state index is -3.74. The Bertz CT molecular complexity index is 1400. The molecule has 0 unspecified atom stereocenters. The first-order valence-corrected chi connectivity index (χ1v) is 12.7. The second-order valence-corrected chi connectivity index (χ2v) is 10.0. The van der Waals surface area contributed by atoms with Crippen molar-refractivity contribution in [1.29, 1.82) is 0 Å². The fourth-order valence-electron chi connectivity index (χ4n) is 3.71. The summed E-state index contributed by atoms with van der Waals surface area (Å²) in [6, 6.07) is 17.2. The Labute approximate surface area is 204 Å². The molecule has 1 aliphatic rings. The number of rotatable bonds is 8. The normalized spacial score (nSPS) is 13.0. The smallest absolute Gasteiger partial charge is 0.261 e. The van der Waals surface area contributed by atoms with Crippen LogP contribution >= 0.6 is 0 Å². The molecule has 0 aliphatic carbocycles. The number of carbonyl (C=O) groups excluding carboxylic acids is 3. The lowest BCUT2D eigenvalue weighted by Gasteiger charge is -2.12. The monoisotopic (exact) mass is 491 g/mol. The lowest BCUT2D eigenvalue weighted by Crippen LogP contribution is -2.30. The summed E-state index contributed by atoms with van der Waals surface area (Å²) < 4.78 is 27.6. The number of benzene rings is 3. The van der Waals surface area contributed by atoms with Gasteiger partial charge in [-0.25, -0.2) is 8.42 Å². The Morgan fingerprint density at radius 3 is 2.14 bits per heavy atom. The summed E-state index contributed by atoms with van der Waals surface area (Å²) in [5, 5.41) is 2.72. The van der Waals surface area contributed by atoms with Crippen molar-refractivity contribution in [3.63, 3.8) is 0 Å². The minimum absolute atomic E-state index is 0.151. The molecule has 3 aromatic rings. The van der Waals surface area contributed by atoms with Crippen LogP contribution in [0.25, 0.3) is 0 Å². The van der Waals surface area contributed by atoms with Gasteiger partial charge in [0.25, 0.3) is 27.7 Å². The van der Waals surface area contributed by atoms with E-state index in [9.17, 15) is 22.8 Å². The van der Waals surface area contributed by atoms with Crippen LogP contribution in [0.5, 0.6) is 0 Å². The average molecular weight is 492 g/mol. The molecule has 9 heteroatoms. The molecule has 0 saturated carbocycles. The number of carbonyl (C=O) groups is 3. The van der Waals surface area contributed by atoms with Crippen LogP contribution in [0.1, 0.15) is 56.4 Å². The maximum atomic E-state index is 12.7. The standard InChI is InChI=1S/C26H25N3O5S/c1-3-4-15-29-25(31)22-14-7-18(16-23(22)26(29)32)24(30)27-19-8-10-20(11-9-19)28-35(33,34)21-12-5-17(2)6-13-21/h5-14,16,28H,3-4,15H2,1-2H3,(H,27,30). The Hall–Kier alpha value is -3.98. The van der Waals surface area contributed by atoms with E-state index in [1.165, 1.54) is 47.4 Å². The van der Waals surface area contributed by atoms with Gasteiger partial charge in [-0.1, -0.05) is 31.0 Å². The Morgan fingerprint density at radius 1 is 0.857 bits per heavy atom. The SMILES string of the molecule is CCCCN1C(=O)c2ccc(C(=O)Nc3ccc(NS(=O)(=O)c4ccc(C)cc4)cc3)cc2C1=O. The van der Waals surface area contributed by atoms with Gasteiger partial charge in [0.1, 0.15) is 0 Å². The molecular formula is C26H25N3O5S. The fraction of sp³-hybridized carbons (Fsp3) is 0.192. The largest absolute Gasteiger partial charge is 0.322 e. The van der Waals surface area contributed by atoms with E-state index in [1.807, 2.05) is 13.8 Å². The first-order chi connectivity index (χ1) is 16.7. The molecule has 180 valence electrons. The lowest BCUT2D eigenvalue weighted by molar-refractivity contribution is 0.0652. The van der Waals surface area contributed by atoms with Crippen molar-refractivity contribution >= 4 is 39.1 Å². The van der Waals surface area contributed by atoms with Gasteiger partial charge in [-0.05, 0) is 67.9 Å². The molecule has 0 bridgehead atoms. The molecule has 8 nitrogen and oxygen atoms in total. The summed E-state index contributed by atoms with van der Waals surface area (Å²) >= 11 is 0. The second kappa shape index (κ2) is 9.71. The Morgan fingerprint density at radius 2 is 1.49 bits per heavy atom. The van der Waals surface area contributed by atoms with Crippen LogP contribution in [0.3, 0.4) is 0 Å². The third-order valence-electron chi connectivity index (χ3n) is 5.69. The highest BCUT2D eigenvalue weighted by atomic mass is 32.2. The van der Waals surface area contributed by atoms with E-state index < -0.39 is 21.8 Å². The maximum Gasteiger partial charge on any atom is 0.261 e. The number of imide groups is 1. The molecule has 0 aromatic heterocycles. The second-order valence-electron chi connectivity index (χ2n) is 8.33. The topological polar surface area (TPSA) is 113 Å². The number of anilines is 2. The molecule has 0 fully saturated rings. The van der Waals surface area contributed by atoms with Gasteiger partial charge in [-0.15, -0.1) is 0 Å². The fourth-order valence-corrected chi connectivity index (χ4v) is 4.77. The van der Waals surface area contributed by atoms with E-state index in [1.54, 1.807) is 24.3 Å². The van der Waals surface area contributed by atoms with Crippen molar-refractivity contribution in [1.82, 2.24) is 4.90 Å². The third-order valence-corrected chi connectivity index (χ3v) is 7.09. The number of fused-ring (bicyclic) bond motifs is 1. The first kappa shape index (κ1) is 24.2. The van der Waals surface area contributed by atoms with E-state index >= 15 is 0 Å². The van der Waals surface area contributed by atoms with E-state index in [0.29, 0.717) is 23.5 Å². The molecule has 3 amide bonds. The number of hydrogen-bond acceptors (Lipinski definition) is 5. The van der Waals surface area contributed by atoms with Crippen molar-refractivity contribution in [3.05, 3.63) is 89.0 Å². The highest BCUT2D eigenvalue weighted by Crippen LogP contribution is 2.25. The van der Waals surface area contributed by atoms with Crippen molar-refractivity contribution in [2.24, 2.45) is 0 Å². The summed E-state index contributed by atoms with van der Waals surface area (Å²) in [7, 11) is -3.74. The minimum Gasteiger partial charge on any atom is -0.322 e. The summed E-state index contributed by atoms with van der Waals surface area (Å²) in [6.45, 7) is 4.20. The zero-order valence-electron chi connectivity index (χ0n) is 19.4. The number of amides is 3. The van der Waals surface area contributed by atoms with Gasteiger partial charge in [0.15, 0.2) is 0 Å². The van der Waals surface area contributed by atoms with Crippen LogP contribution in [0, 0.1) is 6.92 Å². The van der Waals surface area contributed by atoms with Crippen LogP contribution in [-0.4, -0.2) is 37.6 Å². The number of hydrogen-bond donors (Lipinski definition) is 2. The number of nitrogens with one attached hydrogen (secondary N) is 2. The Kier molecular flexibility index (Phi) is 6.70. The van der Waals surface area contributed by atoms with E-state index in [4.69, 9.17) is 0 Å². The van der Waals surface area contributed by atoms with Crippen LogP contribution in [-0.2, 0) is 10.0 Å². The quantitative estimate of drug-likeness (QED) is 0.452. The van der Waals surface area contributed by atoms with Crippen molar-refractivity contribution in [2.45, 2.75) is 31.6 Å². The number of nitrogens with zero attached hydrogens (tertiary/aromatic N) is 1. The van der Waals surface area contributed by atoms with Gasteiger partial charge in [-0.2, -0.15) is 0 Å². The van der Waals surface area contributed by atoms with Gasteiger partial charge in [-0.3, -0.25) is 24.0 Å². The summed E-state index contributed by atoms with van der Waals surface area (Å²) in [5.74, 6) is -1.18. The lowest BCUT2D eigenvalue weighted by atomic mass is 10.1. The van der Waals surface area contributed by atoms with E-state index in [0.717, 1.165) is 18.4 Å². The van der Waals surface area contributed by atoms with E-state index in [-0.39, 0.29) is 21.9 Å². The number of aryl methyl sites for hydroxylation is 1. The molecule has 1 aliphatic heterocycles. The first-order valence-electron chi connectivity index (χ1n) is 11.2. The molecule has 35 heavy (non-hydrogen) atoms. The number of sulfonamides is 1. The van der Waals surface area contributed by atoms with Gasteiger partial charge < -0.3 is 5.32 Å². The van der Waals surface area contributed by atoms with Crippen molar-refractivity contribution in [3.8, 4) is 0 Å². The average Bonchev–Trinajstić information content (AvgIpc) is 3.08. The van der Waals surface area contributed by atoms with Crippen LogP contribution < -0.4 is 10.0 Å². The summed E-state index contributed by atoms with van der Waals surface area (Å²) in [6.07, 6.45) is 1.57. The summed E-state index contributed by atoms with van der Waals surface area (Å²) in [5.41, 5.74) is 2.51.